The van der Waals surface area contributed by atoms with Crippen LogP contribution in [0.25, 0.3) is 0 Å². The number of carbonyl (C=O) groups is 3. The molecule has 2 aromatic rings. The molecule has 1 aromatic carbocycles. The van der Waals surface area contributed by atoms with Crippen LogP contribution in [0.3, 0.4) is 0 Å². The summed E-state index contributed by atoms with van der Waals surface area (Å²) in [5.41, 5.74) is 0.618. The summed E-state index contributed by atoms with van der Waals surface area (Å²) in [6.07, 6.45) is 1.46. The van der Waals surface area contributed by atoms with Crippen LogP contribution in [0.1, 0.15) is 10.6 Å². The van der Waals surface area contributed by atoms with Crippen molar-refractivity contribution in [2.24, 2.45) is 0 Å². The number of hydrogen-bond acceptors (Lipinski definition) is 6. The molecule has 2 aliphatic heterocycles. The van der Waals surface area contributed by atoms with Gasteiger partial charge >= 0.3 is 5.97 Å². The summed E-state index contributed by atoms with van der Waals surface area (Å²) in [4.78, 5) is 41.9. The van der Waals surface area contributed by atoms with Gasteiger partial charge in [-0.05, 0) is 30.3 Å². The third kappa shape index (κ3) is 3.68. The maximum Gasteiger partial charge on any atom is 0.331 e. The normalized spacial score (nSPS) is 16.6. The minimum absolute atomic E-state index is 0.0178. The molecule has 0 radical (unpaired) electrons. The summed E-state index contributed by atoms with van der Waals surface area (Å²) in [6.45, 7) is 1.72. The lowest BCUT2D eigenvalue weighted by Crippen LogP contribution is -2.53. The molecule has 1 fully saturated rings. The van der Waals surface area contributed by atoms with Crippen molar-refractivity contribution in [3.63, 3.8) is 0 Å². The fourth-order valence-electron chi connectivity index (χ4n) is 3.34. The molecule has 9 heteroatoms. The Bertz CT molecular complexity index is 906. The quantitative estimate of drug-likeness (QED) is 0.572. The average molecular weight is 404 g/mol. The summed E-state index contributed by atoms with van der Waals surface area (Å²) in [7, 11) is 0. The van der Waals surface area contributed by atoms with Gasteiger partial charge in [0, 0.05) is 31.2 Å². The van der Waals surface area contributed by atoms with Gasteiger partial charge in [0.05, 0.1) is 18.5 Å². The van der Waals surface area contributed by atoms with Gasteiger partial charge in [0.2, 0.25) is 5.91 Å². The Balaban J connectivity index is 1.38. The second kappa shape index (κ2) is 7.55. The number of amides is 2. The number of furan rings is 1. The molecular weight excluding hydrogens is 386 g/mol. The number of anilines is 1. The molecule has 0 saturated carbocycles. The lowest BCUT2D eigenvalue weighted by molar-refractivity contribution is -0.134. The number of nitrogens with zero attached hydrogens (tertiary/aromatic N) is 3. The summed E-state index contributed by atoms with van der Waals surface area (Å²) in [5.74, 6) is -0.0379. The molecule has 0 atom stereocenters. The van der Waals surface area contributed by atoms with Crippen LogP contribution < -0.4 is 9.64 Å². The molecule has 0 N–H and O–H groups in total. The van der Waals surface area contributed by atoms with E-state index in [0.717, 1.165) is 0 Å². The first kappa shape index (κ1) is 18.4. The molecule has 2 aliphatic rings. The lowest BCUT2D eigenvalue weighted by atomic mass is 10.2. The zero-order valence-electron chi connectivity index (χ0n) is 15.0. The number of carbonyl (C=O) groups excluding carboxylic acids is 3. The van der Waals surface area contributed by atoms with E-state index in [1.165, 1.54) is 6.26 Å². The predicted octanol–water partition coefficient (Wildman–Crippen LogP) is 1.64. The zero-order chi connectivity index (χ0) is 19.7. The van der Waals surface area contributed by atoms with Crippen molar-refractivity contribution in [1.82, 2.24) is 9.80 Å². The van der Waals surface area contributed by atoms with Crippen molar-refractivity contribution in [2.75, 3.05) is 44.2 Å². The number of piperazine rings is 1. The molecule has 2 amide bonds. The molecule has 0 aliphatic carbocycles. The van der Waals surface area contributed by atoms with Gasteiger partial charge in [-0.2, -0.15) is 0 Å². The van der Waals surface area contributed by atoms with Gasteiger partial charge in [-0.3, -0.25) is 9.59 Å². The molecule has 8 nitrogen and oxygen atoms in total. The maximum absolute atomic E-state index is 12.8. The van der Waals surface area contributed by atoms with Crippen molar-refractivity contribution in [2.45, 2.75) is 0 Å². The molecule has 4 rings (SSSR count). The minimum Gasteiger partial charge on any atom is -0.459 e. The third-order valence-corrected chi connectivity index (χ3v) is 5.02. The number of esters is 1. The smallest absolute Gasteiger partial charge is 0.331 e. The van der Waals surface area contributed by atoms with Crippen molar-refractivity contribution in [3.05, 3.63) is 47.4 Å². The van der Waals surface area contributed by atoms with Gasteiger partial charge in [0.1, 0.15) is 6.54 Å². The van der Waals surface area contributed by atoms with E-state index in [4.69, 9.17) is 20.8 Å². The van der Waals surface area contributed by atoms with E-state index in [1.54, 1.807) is 45.0 Å². The summed E-state index contributed by atoms with van der Waals surface area (Å²) >= 11 is 6.04. The molecule has 146 valence electrons. The Hall–Kier alpha value is -3.00. The van der Waals surface area contributed by atoms with E-state index in [-0.39, 0.29) is 24.9 Å². The van der Waals surface area contributed by atoms with Crippen molar-refractivity contribution in [1.29, 1.82) is 0 Å². The number of rotatable bonds is 3. The van der Waals surface area contributed by atoms with Crippen LogP contribution in [0, 0.1) is 0 Å². The van der Waals surface area contributed by atoms with Gasteiger partial charge in [-0.25, -0.2) is 4.79 Å². The van der Waals surface area contributed by atoms with E-state index in [1.807, 2.05) is 0 Å². The average Bonchev–Trinajstić information content (AvgIpc) is 3.23. The van der Waals surface area contributed by atoms with E-state index >= 15 is 0 Å². The molecular formula is C19H18ClN3O5. The molecule has 0 unspecified atom stereocenters. The first-order chi connectivity index (χ1) is 13.5. The largest absolute Gasteiger partial charge is 0.459 e. The minimum atomic E-state index is -0.420. The Morgan fingerprint density at radius 1 is 1.07 bits per heavy atom. The fourth-order valence-corrected chi connectivity index (χ4v) is 3.51. The highest BCUT2D eigenvalue weighted by Gasteiger charge is 2.30. The second-order valence-corrected chi connectivity index (χ2v) is 7.03. The van der Waals surface area contributed by atoms with Gasteiger partial charge < -0.3 is 23.9 Å². The van der Waals surface area contributed by atoms with Crippen LogP contribution in [-0.2, 0) is 9.59 Å². The van der Waals surface area contributed by atoms with Crippen LogP contribution in [-0.4, -0.2) is 66.9 Å². The monoisotopic (exact) mass is 403 g/mol. The van der Waals surface area contributed by atoms with Crippen LogP contribution in [0.2, 0.25) is 5.02 Å². The second-order valence-electron chi connectivity index (χ2n) is 6.59. The number of ether oxygens (including phenoxy) is 1. The van der Waals surface area contributed by atoms with Gasteiger partial charge in [-0.15, -0.1) is 0 Å². The van der Waals surface area contributed by atoms with Gasteiger partial charge in [-0.1, -0.05) is 11.6 Å². The topological polar surface area (TPSA) is 83.3 Å². The van der Waals surface area contributed by atoms with E-state index < -0.39 is 5.97 Å². The highest BCUT2D eigenvalue weighted by Crippen LogP contribution is 2.34. The number of halogens is 1. The molecule has 0 bridgehead atoms. The number of fused-ring (bicyclic) bond motifs is 1. The van der Waals surface area contributed by atoms with E-state index in [0.29, 0.717) is 48.4 Å². The van der Waals surface area contributed by atoms with Crippen molar-refractivity contribution < 1.29 is 23.5 Å². The lowest BCUT2D eigenvalue weighted by Gasteiger charge is -2.36. The predicted molar refractivity (Wildman–Crippen MR) is 100 cm³/mol. The standard InChI is InChI=1S/C19H18ClN3O5/c20-13-3-4-15-14(10-13)23(12-18(25)28-15)11-17(24)21-5-7-22(8-6-21)19(26)16-2-1-9-27-16/h1-4,9-10H,5-8,11-12H2. The Morgan fingerprint density at radius 2 is 1.82 bits per heavy atom. The summed E-state index contributed by atoms with van der Waals surface area (Å²) in [6, 6.07) is 8.22. The van der Waals surface area contributed by atoms with Crippen molar-refractivity contribution in [3.8, 4) is 5.75 Å². The highest BCUT2D eigenvalue weighted by atomic mass is 35.5. The van der Waals surface area contributed by atoms with E-state index in [2.05, 4.69) is 0 Å². The third-order valence-electron chi connectivity index (χ3n) is 4.78. The summed E-state index contributed by atoms with van der Waals surface area (Å²) < 4.78 is 10.3. The summed E-state index contributed by atoms with van der Waals surface area (Å²) in [5, 5.41) is 0.499. The molecule has 1 aromatic heterocycles. The fraction of sp³-hybridized carbons (Fsp3) is 0.316. The van der Waals surface area contributed by atoms with E-state index in [9.17, 15) is 14.4 Å². The van der Waals surface area contributed by atoms with Crippen LogP contribution in [0.15, 0.2) is 41.0 Å². The zero-order valence-corrected chi connectivity index (χ0v) is 15.7. The first-order valence-corrected chi connectivity index (χ1v) is 9.25. The number of hydrogen-bond donors (Lipinski definition) is 0. The molecule has 3 heterocycles. The number of benzene rings is 1. The highest BCUT2D eigenvalue weighted by molar-refractivity contribution is 6.31. The SMILES string of the molecule is O=C1CN(CC(=O)N2CCN(C(=O)c3ccco3)CC2)c2cc(Cl)ccc2O1. The Morgan fingerprint density at radius 3 is 2.54 bits per heavy atom. The van der Waals surface area contributed by atoms with Gasteiger partial charge in [0.15, 0.2) is 11.5 Å². The van der Waals surface area contributed by atoms with Crippen LogP contribution in [0.5, 0.6) is 5.75 Å². The first-order valence-electron chi connectivity index (χ1n) is 8.87. The van der Waals surface area contributed by atoms with Crippen molar-refractivity contribution >= 4 is 35.1 Å². The molecule has 28 heavy (non-hydrogen) atoms. The Labute approximate surface area is 166 Å². The molecule has 1 saturated heterocycles. The maximum atomic E-state index is 12.8. The van der Waals surface area contributed by atoms with Gasteiger partial charge in [0.25, 0.3) is 5.91 Å². The molecule has 0 spiro atoms. The Kier molecular flexibility index (Phi) is 4.95. The van der Waals surface area contributed by atoms with Crippen LogP contribution in [0.4, 0.5) is 5.69 Å². The van der Waals surface area contributed by atoms with Crippen LogP contribution >= 0.6 is 11.6 Å².